The minimum absolute atomic E-state index is 0.0636. The van der Waals surface area contributed by atoms with Crippen molar-refractivity contribution in [2.45, 2.75) is 13.0 Å². The second-order valence-electron chi connectivity index (χ2n) is 6.87. The minimum atomic E-state index is 0.0636. The molecule has 0 bridgehead atoms. The summed E-state index contributed by atoms with van der Waals surface area (Å²) in [5.41, 5.74) is 8.99. The number of hydrogen-bond acceptors (Lipinski definition) is 6. The smallest absolute Gasteiger partial charge is 0.201 e. The zero-order chi connectivity index (χ0) is 17.3. The molecule has 1 aromatic heterocycles. The van der Waals surface area contributed by atoms with E-state index in [0.717, 1.165) is 35.3 Å². The van der Waals surface area contributed by atoms with E-state index in [1.807, 2.05) is 30.8 Å². The number of anilines is 1. The molecule has 1 aromatic carbocycles. The van der Waals surface area contributed by atoms with Gasteiger partial charge in [-0.25, -0.2) is 4.98 Å². The fraction of sp³-hybridized carbons (Fsp3) is 0.588. The van der Waals surface area contributed by atoms with Gasteiger partial charge in [0.2, 0.25) is 5.95 Å². The van der Waals surface area contributed by atoms with Crippen molar-refractivity contribution in [3.8, 4) is 5.75 Å². The molecule has 0 aliphatic carbocycles. The number of hydrogen-bond donors (Lipinski definition) is 3. The van der Waals surface area contributed by atoms with Gasteiger partial charge in [-0.05, 0) is 32.6 Å². The third kappa shape index (κ3) is 3.19. The molecule has 24 heavy (non-hydrogen) atoms. The van der Waals surface area contributed by atoms with Crippen LogP contribution in [0.25, 0.3) is 11.0 Å². The van der Waals surface area contributed by atoms with E-state index < -0.39 is 0 Å². The lowest BCUT2D eigenvalue weighted by Gasteiger charge is -2.26. The number of ether oxygens (including phenoxy) is 1. The molecule has 2 heterocycles. The molecule has 132 valence electrons. The van der Waals surface area contributed by atoms with Gasteiger partial charge in [-0.15, -0.1) is 0 Å². The Hall–Kier alpha value is -1.83. The lowest BCUT2D eigenvalue weighted by Crippen LogP contribution is -2.28. The van der Waals surface area contributed by atoms with Crippen LogP contribution in [0, 0.1) is 11.8 Å². The number of rotatable bonds is 6. The maximum absolute atomic E-state index is 9.70. The Bertz CT molecular complexity index is 713. The molecule has 0 amide bonds. The number of imidazole rings is 1. The Kier molecular flexibility index (Phi) is 4.93. The Morgan fingerprint density at radius 1 is 1.42 bits per heavy atom. The molecule has 1 aliphatic rings. The third-order valence-corrected chi connectivity index (χ3v) is 4.55. The summed E-state index contributed by atoms with van der Waals surface area (Å²) in [6, 6.07) is 3.84. The van der Waals surface area contributed by atoms with Crippen LogP contribution in [-0.2, 0) is 13.0 Å². The van der Waals surface area contributed by atoms with Gasteiger partial charge in [0.25, 0.3) is 0 Å². The highest BCUT2D eigenvalue weighted by molar-refractivity contribution is 5.84. The third-order valence-electron chi connectivity index (χ3n) is 4.55. The van der Waals surface area contributed by atoms with Crippen LogP contribution in [0.5, 0.6) is 5.75 Å². The van der Waals surface area contributed by atoms with Crippen molar-refractivity contribution in [3.63, 3.8) is 0 Å². The summed E-state index contributed by atoms with van der Waals surface area (Å²) in [4.78, 5) is 6.52. The maximum Gasteiger partial charge on any atom is 0.201 e. The number of aliphatic hydroxyl groups is 2. The van der Waals surface area contributed by atoms with Gasteiger partial charge in [-0.1, -0.05) is 0 Å². The average molecular weight is 334 g/mol. The first-order valence-electron chi connectivity index (χ1n) is 8.30. The second-order valence-corrected chi connectivity index (χ2v) is 6.87. The Balaban J connectivity index is 2.02. The Labute approximate surface area is 141 Å². The summed E-state index contributed by atoms with van der Waals surface area (Å²) >= 11 is 0. The zero-order valence-electron chi connectivity index (χ0n) is 14.3. The van der Waals surface area contributed by atoms with Crippen LogP contribution in [0.3, 0.4) is 0 Å². The molecular formula is C17H26N4O3. The van der Waals surface area contributed by atoms with E-state index >= 15 is 0 Å². The maximum atomic E-state index is 9.70. The van der Waals surface area contributed by atoms with E-state index in [9.17, 15) is 10.2 Å². The van der Waals surface area contributed by atoms with Gasteiger partial charge in [0.15, 0.2) is 0 Å². The summed E-state index contributed by atoms with van der Waals surface area (Å²) in [6.07, 6.45) is 0.742. The number of fused-ring (bicyclic) bond motifs is 3. The molecule has 2 atom stereocenters. The first kappa shape index (κ1) is 17.0. The van der Waals surface area contributed by atoms with Gasteiger partial charge in [0, 0.05) is 43.7 Å². The van der Waals surface area contributed by atoms with Gasteiger partial charge in [-0.2, -0.15) is 0 Å². The molecule has 4 N–H and O–H groups in total. The van der Waals surface area contributed by atoms with Gasteiger partial charge in [0.1, 0.15) is 5.75 Å². The van der Waals surface area contributed by atoms with Gasteiger partial charge < -0.3 is 30.2 Å². The van der Waals surface area contributed by atoms with Crippen molar-refractivity contribution in [1.29, 1.82) is 0 Å². The largest absolute Gasteiger partial charge is 0.493 e. The highest BCUT2D eigenvalue weighted by Crippen LogP contribution is 2.35. The molecule has 0 radical (unpaired) electrons. The molecule has 2 unspecified atom stereocenters. The summed E-state index contributed by atoms with van der Waals surface area (Å²) in [6.45, 7) is 2.07. The minimum Gasteiger partial charge on any atom is -0.493 e. The first-order valence-corrected chi connectivity index (χ1v) is 8.30. The van der Waals surface area contributed by atoms with E-state index in [2.05, 4.69) is 9.88 Å². The van der Waals surface area contributed by atoms with Crippen molar-refractivity contribution < 1.29 is 14.9 Å². The van der Waals surface area contributed by atoms with Crippen LogP contribution in [0.1, 0.15) is 5.56 Å². The molecule has 0 fully saturated rings. The predicted molar refractivity (Wildman–Crippen MR) is 93.1 cm³/mol. The van der Waals surface area contributed by atoms with E-state index in [-0.39, 0.29) is 25.0 Å². The van der Waals surface area contributed by atoms with E-state index in [1.165, 1.54) is 0 Å². The standard InChI is InChI=1S/C17H26N4O3/c1-20(2)6-12(9-23)7-21-16-13-5-11(8-22)10-24-15(13)4-3-14(16)19-17(21)18/h3-4,11-12,22-23H,5-10H2,1-2H3,(H2,18,19). The number of nitrogen functional groups attached to an aromatic ring is 1. The van der Waals surface area contributed by atoms with Gasteiger partial charge in [-0.3, -0.25) is 0 Å². The number of nitrogens with zero attached hydrogens (tertiary/aromatic N) is 3. The van der Waals surface area contributed by atoms with E-state index in [0.29, 0.717) is 19.1 Å². The summed E-state index contributed by atoms with van der Waals surface area (Å²) < 4.78 is 7.77. The fourth-order valence-corrected chi connectivity index (χ4v) is 3.43. The van der Waals surface area contributed by atoms with Crippen LogP contribution in [0.15, 0.2) is 12.1 Å². The van der Waals surface area contributed by atoms with Crippen molar-refractivity contribution >= 4 is 17.0 Å². The SMILES string of the molecule is CN(C)CC(CO)Cn1c(N)nc2ccc3c(c21)CC(CO)CO3. The van der Waals surface area contributed by atoms with Crippen LogP contribution in [0.2, 0.25) is 0 Å². The normalized spacial score (nSPS) is 18.6. The number of aromatic nitrogens is 2. The Morgan fingerprint density at radius 3 is 2.88 bits per heavy atom. The molecule has 0 saturated carbocycles. The number of benzene rings is 1. The summed E-state index contributed by atoms with van der Waals surface area (Å²) in [5.74, 6) is 1.43. The lowest BCUT2D eigenvalue weighted by molar-refractivity contribution is 0.147. The molecule has 1 aliphatic heterocycles. The summed E-state index contributed by atoms with van der Waals surface area (Å²) in [5, 5.41) is 19.2. The van der Waals surface area contributed by atoms with Gasteiger partial charge >= 0.3 is 0 Å². The van der Waals surface area contributed by atoms with Crippen LogP contribution in [0.4, 0.5) is 5.95 Å². The topological polar surface area (TPSA) is 96.8 Å². The quantitative estimate of drug-likeness (QED) is 0.704. The summed E-state index contributed by atoms with van der Waals surface area (Å²) in [7, 11) is 3.97. The van der Waals surface area contributed by atoms with Crippen LogP contribution in [-0.4, -0.2) is 65.1 Å². The molecule has 3 rings (SSSR count). The van der Waals surface area contributed by atoms with Crippen molar-refractivity contribution in [1.82, 2.24) is 14.5 Å². The number of aliphatic hydroxyl groups excluding tert-OH is 2. The highest BCUT2D eigenvalue weighted by atomic mass is 16.5. The lowest BCUT2D eigenvalue weighted by atomic mass is 9.96. The molecule has 2 aromatic rings. The second kappa shape index (κ2) is 6.96. The number of nitrogens with two attached hydrogens (primary N) is 1. The highest BCUT2D eigenvalue weighted by Gasteiger charge is 2.25. The van der Waals surface area contributed by atoms with Crippen LogP contribution >= 0.6 is 0 Å². The fourth-order valence-electron chi connectivity index (χ4n) is 3.43. The average Bonchev–Trinajstić information content (AvgIpc) is 2.89. The molecule has 7 heteroatoms. The van der Waals surface area contributed by atoms with Crippen molar-refractivity contribution in [2.75, 3.05) is 46.2 Å². The predicted octanol–water partition coefficient (Wildman–Crippen LogP) is 0.332. The molecule has 0 saturated heterocycles. The van der Waals surface area contributed by atoms with Crippen LogP contribution < -0.4 is 10.5 Å². The Morgan fingerprint density at radius 2 is 2.21 bits per heavy atom. The molecule has 0 spiro atoms. The molecule has 7 nitrogen and oxygen atoms in total. The monoisotopic (exact) mass is 334 g/mol. The van der Waals surface area contributed by atoms with E-state index in [1.54, 1.807) is 0 Å². The van der Waals surface area contributed by atoms with Crippen molar-refractivity contribution in [3.05, 3.63) is 17.7 Å². The van der Waals surface area contributed by atoms with E-state index in [4.69, 9.17) is 10.5 Å². The zero-order valence-corrected chi connectivity index (χ0v) is 14.3. The van der Waals surface area contributed by atoms with Gasteiger partial charge in [0.05, 0.1) is 17.6 Å². The van der Waals surface area contributed by atoms with Crippen molar-refractivity contribution in [2.24, 2.45) is 11.8 Å². The first-order chi connectivity index (χ1) is 11.5. The molecular weight excluding hydrogens is 308 g/mol.